The fourth-order valence-corrected chi connectivity index (χ4v) is 3.35. The Morgan fingerprint density at radius 2 is 0.760 bits per heavy atom. The number of carbonyl (C=O) groups is 1. The summed E-state index contributed by atoms with van der Waals surface area (Å²) in [7, 11) is 0. The van der Waals surface area contributed by atoms with Crippen LogP contribution in [-0.2, 0) is 4.79 Å². The van der Waals surface area contributed by atoms with Crippen LogP contribution in [-0.4, -0.2) is 5.97 Å². The largest absolute Gasteiger partial charge is 1.00 e. The maximum atomic E-state index is 10.3. The van der Waals surface area contributed by atoms with Crippen molar-refractivity contribution >= 4 is 5.97 Å². The van der Waals surface area contributed by atoms with E-state index in [9.17, 15) is 9.90 Å². The van der Waals surface area contributed by atoms with Crippen LogP contribution in [0.5, 0.6) is 0 Å². The van der Waals surface area contributed by atoms with E-state index in [0.717, 1.165) is 12.8 Å². The molecule has 2 nitrogen and oxygen atoms in total. The average molecular weight is 363 g/mol. The van der Waals surface area contributed by atoms with Gasteiger partial charge in [0.05, 0.1) is 0 Å². The van der Waals surface area contributed by atoms with Gasteiger partial charge in [0.15, 0.2) is 0 Å². The number of hydrogen-bond acceptors (Lipinski definition) is 2. The van der Waals surface area contributed by atoms with Crippen molar-refractivity contribution in [3.05, 3.63) is 0 Å². The number of carboxylic acid groups (broad SMARTS) is 1. The Morgan fingerprint density at radius 1 is 0.520 bits per heavy atom. The van der Waals surface area contributed by atoms with Gasteiger partial charge < -0.3 is 9.90 Å². The molecule has 0 aromatic carbocycles. The maximum absolute atomic E-state index is 10.3. The second-order valence-corrected chi connectivity index (χ2v) is 7.49. The van der Waals surface area contributed by atoms with Crippen molar-refractivity contribution in [1.29, 1.82) is 0 Å². The van der Waals surface area contributed by atoms with Gasteiger partial charge in [0, 0.05) is 5.97 Å². The molecule has 0 saturated carbocycles. The molecule has 0 aliphatic rings. The smallest absolute Gasteiger partial charge is 0.550 e. The van der Waals surface area contributed by atoms with Gasteiger partial charge in [-0.1, -0.05) is 122 Å². The maximum Gasteiger partial charge on any atom is 1.00 e. The molecule has 0 N–H and O–H groups in total. The van der Waals surface area contributed by atoms with Crippen molar-refractivity contribution in [2.45, 2.75) is 135 Å². The minimum absolute atomic E-state index is 0. The molecule has 0 aliphatic heterocycles. The van der Waals surface area contributed by atoms with Crippen LogP contribution in [0.25, 0.3) is 0 Å². The van der Waals surface area contributed by atoms with Crippen molar-refractivity contribution in [3.63, 3.8) is 0 Å². The van der Waals surface area contributed by atoms with Crippen molar-refractivity contribution in [1.82, 2.24) is 0 Å². The van der Waals surface area contributed by atoms with Crippen molar-refractivity contribution in [2.24, 2.45) is 0 Å². The Bertz CT molecular complexity index is 256. The molecule has 0 aliphatic carbocycles. The van der Waals surface area contributed by atoms with Crippen LogP contribution >= 0.6 is 0 Å². The van der Waals surface area contributed by atoms with Crippen LogP contribution in [0.15, 0.2) is 0 Å². The number of aliphatic carboxylic acids is 1. The quantitative estimate of drug-likeness (QED) is 0.245. The second kappa shape index (κ2) is 24.5. The molecule has 3 heteroatoms. The normalized spacial score (nSPS) is 10.6. The molecule has 144 valence electrons. The van der Waals surface area contributed by atoms with E-state index in [0.29, 0.717) is 0 Å². The molecule has 0 amide bonds. The summed E-state index contributed by atoms with van der Waals surface area (Å²) < 4.78 is 0. The van der Waals surface area contributed by atoms with Crippen molar-refractivity contribution in [3.8, 4) is 0 Å². The molecule has 0 aromatic heterocycles. The molecule has 0 heterocycles. The van der Waals surface area contributed by atoms with Gasteiger partial charge in [-0.25, -0.2) is 0 Å². The van der Waals surface area contributed by atoms with E-state index in [1.807, 2.05) is 0 Å². The minimum Gasteiger partial charge on any atom is -0.550 e. The SMILES string of the molecule is CCCCCCCCCCCCCCCCCCCCCC(=O)[O-].[Na+]. The van der Waals surface area contributed by atoms with E-state index in [4.69, 9.17) is 0 Å². The van der Waals surface area contributed by atoms with Gasteiger partial charge in [-0.3, -0.25) is 0 Å². The van der Waals surface area contributed by atoms with E-state index in [1.165, 1.54) is 109 Å². The third-order valence-corrected chi connectivity index (χ3v) is 4.98. The Kier molecular flexibility index (Phi) is 27.1. The Balaban J connectivity index is 0. The number of hydrogen-bond donors (Lipinski definition) is 0. The Hall–Kier alpha value is 0.470. The van der Waals surface area contributed by atoms with E-state index < -0.39 is 5.97 Å². The first kappa shape index (κ1) is 27.7. The zero-order valence-corrected chi connectivity index (χ0v) is 19.5. The summed E-state index contributed by atoms with van der Waals surface area (Å²) in [6, 6.07) is 0. The summed E-state index contributed by atoms with van der Waals surface area (Å²) >= 11 is 0. The molecule has 0 radical (unpaired) electrons. The number of unbranched alkanes of at least 4 members (excludes halogenated alkanes) is 18. The third kappa shape index (κ3) is 26.8. The summed E-state index contributed by atoms with van der Waals surface area (Å²) in [5.41, 5.74) is 0. The Morgan fingerprint density at radius 3 is 1.00 bits per heavy atom. The predicted octanol–water partition coefficient (Wildman–Crippen LogP) is 3.56. The van der Waals surface area contributed by atoms with Gasteiger partial charge in [0.1, 0.15) is 0 Å². The van der Waals surface area contributed by atoms with Gasteiger partial charge in [0.25, 0.3) is 0 Å². The van der Waals surface area contributed by atoms with Crippen LogP contribution in [0.4, 0.5) is 0 Å². The summed E-state index contributed by atoms with van der Waals surface area (Å²) in [6.45, 7) is 2.28. The fraction of sp³-hybridized carbons (Fsp3) is 0.955. The molecule has 0 rings (SSSR count). The van der Waals surface area contributed by atoms with Crippen LogP contribution in [0.3, 0.4) is 0 Å². The molecule has 0 aromatic rings. The standard InChI is InChI=1S/C22H44O2.Na/c1-2-3-4-5-6-7-8-9-10-11-12-13-14-15-16-17-18-19-20-21-22(23)24;/h2-21H2,1H3,(H,23,24);/q;+1/p-1. The fourth-order valence-electron chi connectivity index (χ4n) is 3.35. The molecule has 0 fully saturated rings. The summed E-state index contributed by atoms with van der Waals surface area (Å²) in [6.07, 6.45) is 25.7. The van der Waals surface area contributed by atoms with E-state index in [-0.39, 0.29) is 36.0 Å². The first-order chi connectivity index (χ1) is 11.8. The molecule has 0 bridgehead atoms. The number of carbonyl (C=O) groups excluding carboxylic acids is 1. The zero-order valence-electron chi connectivity index (χ0n) is 17.5. The van der Waals surface area contributed by atoms with Crippen LogP contribution < -0.4 is 34.7 Å². The molecule has 25 heavy (non-hydrogen) atoms. The molecule has 0 spiro atoms. The molecular formula is C22H43NaO2. The molecule has 0 saturated heterocycles. The summed E-state index contributed by atoms with van der Waals surface area (Å²) in [4.78, 5) is 10.3. The van der Waals surface area contributed by atoms with Crippen LogP contribution in [0, 0.1) is 0 Å². The first-order valence-corrected chi connectivity index (χ1v) is 11.0. The summed E-state index contributed by atoms with van der Waals surface area (Å²) in [5, 5.41) is 10.3. The first-order valence-electron chi connectivity index (χ1n) is 11.0. The van der Waals surface area contributed by atoms with Gasteiger partial charge in [-0.05, 0) is 12.8 Å². The topological polar surface area (TPSA) is 40.1 Å². The monoisotopic (exact) mass is 362 g/mol. The van der Waals surface area contributed by atoms with Crippen LogP contribution in [0.1, 0.15) is 135 Å². The molecule has 0 unspecified atom stereocenters. The predicted molar refractivity (Wildman–Crippen MR) is 103 cm³/mol. The van der Waals surface area contributed by atoms with Gasteiger partial charge in [-0.15, -0.1) is 0 Å². The van der Waals surface area contributed by atoms with E-state index >= 15 is 0 Å². The third-order valence-electron chi connectivity index (χ3n) is 4.98. The number of rotatable bonds is 20. The van der Waals surface area contributed by atoms with E-state index in [1.54, 1.807) is 0 Å². The summed E-state index contributed by atoms with van der Waals surface area (Å²) in [5.74, 6) is -0.901. The average Bonchev–Trinajstić information content (AvgIpc) is 2.56. The van der Waals surface area contributed by atoms with Crippen molar-refractivity contribution in [2.75, 3.05) is 0 Å². The molecule has 0 atom stereocenters. The van der Waals surface area contributed by atoms with Crippen LogP contribution in [0.2, 0.25) is 0 Å². The number of carboxylic acids is 1. The molecular weight excluding hydrogens is 319 g/mol. The zero-order chi connectivity index (χ0) is 17.7. The van der Waals surface area contributed by atoms with Crippen molar-refractivity contribution < 1.29 is 39.5 Å². The van der Waals surface area contributed by atoms with E-state index in [2.05, 4.69) is 6.92 Å². The van der Waals surface area contributed by atoms with Gasteiger partial charge in [0.2, 0.25) is 0 Å². The van der Waals surface area contributed by atoms with Gasteiger partial charge >= 0.3 is 29.6 Å². The minimum atomic E-state index is -0.901. The Labute approximate surface area is 180 Å². The second-order valence-electron chi connectivity index (χ2n) is 7.49. The van der Waals surface area contributed by atoms with Gasteiger partial charge in [-0.2, -0.15) is 0 Å².